The highest BCUT2D eigenvalue weighted by Crippen LogP contribution is 2.37. The number of nitrogens with one attached hydrogen (secondary N) is 2. The van der Waals surface area contributed by atoms with Crippen LogP contribution in [-0.2, 0) is 0 Å². The second-order valence-corrected chi connectivity index (χ2v) is 6.10. The number of benzene rings is 2. The highest BCUT2D eigenvalue weighted by Gasteiger charge is 2.35. The van der Waals surface area contributed by atoms with Crippen molar-refractivity contribution >= 4 is 21.8 Å². The van der Waals surface area contributed by atoms with Crippen LogP contribution in [0.3, 0.4) is 0 Å². The minimum absolute atomic E-state index is 0.116. The molecule has 0 aliphatic carbocycles. The third kappa shape index (κ3) is 2.05. The van der Waals surface area contributed by atoms with Gasteiger partial charge in [0.05, 0.1) is 11.7 Å². The molecule has 22 heavy (non-hydrogen) atoms. The van der Waals surface area contributed by atoms with Gasteiger partial charge < -0.3 is 5.32 Å². The van der Waals surface area contributed by atoms with Gasteiger partial charge in [0.2, 0.25) is 0 Å². The molecule has 4 rings (SSSR count). The number of carbonyl (C=O) groups is 1. The number of amides is 1. The summed E-state index contributed by atoms with van der Waals surface area (Å²) in [7, 11) is 0. The van der Waals surface area contributed by atoms with Crippen molar-refractivity contribution in [2.24, 2.45) is 0 Å². The van der Waals surface area contributed by atoms with Crippen molar-refractivity contribution in [3.05, 3.63) is 75.9 Å². The zero-order valence-electron chi connectivity index (χ0n) is 11.5. The standard InChI is InChI=1S/C17H12BrN3O/c18-12-8-4-7-11(9-12)14-13-15(10-5-2-1-3-6-10)20-21-16(13)17(22)19-14/h1-9,14H,(H,19,22)(H,20,21). The predicted molar refractivity (Wildman–Crippen MR) is 87.5 cm³/mol. The zero-order valence-corrected chi connectivity index (χ0v) is 13.1. The Hall–Kier alpha value is -2.40. The second-order valence-electron chi connectivity index (χ2n) is 5.19. The summed E-state index contributed by atoms with van der Waals surface area (Å²) >= 11 is 3.48. The predicted octanol–water partition coefficient (Wildman–Crippen LogP) is 3.67. The molecule has 0 bridgehead atoms. The van der Waals surface area contributed by atoms with Crippen LogP contribution >= 0.6 is 15.9 Å². The van der Waals surface area contributed by atoms with E-state index in [0.717, 1.165) is 26.9 Å². The molecule has 0 radical (unpaired) electrons. The average Bonchev–Trinajstić information content (AvgIpc) is 3.10. The summed E-state index contributed by atoms with van der Waals surface area (Å²) in [6.07, 6.45) is 0. The molecule has 1 aliphatic heterocycles. The average molecular weight is 354 g/mol. The van der Waals surface area contributed by atoms with Gasteiger partial charge in [-0.15, -0.1) is 0 Å². The number of nitrogens with zero attached hydrogens (tertiary/aromatic N) is 1. The summed E-state index contributed by atoms with van der Waals surface area (Å²) in [4.78, 5) is 12.2. The first-order valence-corrected chi connectivity index (χ1v) is 7.73. The van der Waals surface area contributed by atoms with Crippen LogP contribution in [0.4, 0.5) is 0 Å². The van der Waals surface area contributed by atoms with Crippen LogP contribution < -0.4 is 5.32 Å². The molecule has 1 atom stereocenters. The first kappa shape index (κ1) is 13.3. The number of fused-ring (bicyclic) bond motifs is 1. The number of hydrogen-bond acceptors (Lipinski definition) is 2. The van der Waals surface area contributed by atoms with E-state index in [1.165, 1.54) is 0 Å². The first-order valence-electron chi connectivity index (χ1n) is 6.94. The number of aromatic nitrogens is 2. The molecular weight excluding hydrogens is 342 g/mol. The number of carbonyl (C=O) groups excluding carboxylic acids is 1. The Kier molecular flexibility index (Phi) is 3.08. The lowest BCUT2D eigenvalue weighted by Crippen LogP contribution is -2.21. The molecule has 1 unspecified atom stereocenters. The Balaban J connectivity index is 1.88. The van der Waals surface area contributed by atoms with Crippen molar-refractivity contribution in [3.63, 3.8) is 0 Å². The molecule has 5 heteroatoms. The highest BCUT2D eigenvalue weighted by atomic mass is 79.9. The van der Waals surface area contributed by atoms with Gasteiger partial charge in [-0.05, 0) is 17.7 Å². The van der Waals surface area contributed by atoms with Gasteiger partial charge in [0.25, 0.3) is 5.91 Å². The Morgan fingerprint density at radius 3 is 2.64 bits per heavy atom. The Labute approximate surface area is 135 Å². The smallest absolute Gasteiger partial charge is 0.270 e. The Morgan fingerprint density at radius 1 is 1.05 bits per heavy atom. The van der Waals surface area contributed by atoms with E-state index >= 15 is 0 Å². The quantitative estimate of drug-likeness (QED) is 0.738. The van der Waals surface area contributed by atoms with E-state index in [1.807, 2.05) is 54.6 Å². The summed E-state index contributed by atoms with van der Waals surface area (Å²) in [6, 6.07) is 17.7. The Morgan fingerprint density at radius 2 is 1.86 bits per heavy atom. The first-order chi connectivity index (χ1) is 10.7. The molecule has 2 N–H and O–H groups in total. The monoisotopic (exact) mass is 353 g/mol. The number of halogens is 1. The fourth-order valence-electron chi connectivity index (χ4n) is 2.83. The highest BCUT2D eigenvalue weighted by molar-refractivity contribution is 9.10. The van der Waals surface area contributed by atoms with Gasteiger partial charge in [-0.1, -0.05) is 58.4 Å². The molecule has 0 spiro atoms. The van der Waals surface area contributed by atoms with E-state index in [2.05, 4.69) is 31.4 Å². The van der Waals surface area contributed by atoms with Crippen molar-refractivity contribution in [3.8, 4) is 11.3 Å². The summed E-state index contributed by atoms with van der Waals surface area (Å²) in [6.45, 7) is 0. The lowest BCUT2D eigenvalue weighted by Gasteiger charge is -2.13. The molecule has 2 aromatic carbocycles. The van der Waals surface area contributed by atoms with Crippen LogP contribution in [0.5, 0.6) is 0 Å². The van der Waals surface area contributed by atoms with E-state index in [0.29, 0.717) is 5.69 Å². The SMILES string of the molecule is O=C1NC(c2cccc(Br)c2)c2c(-c3ccccc3)n[nH]c21. The van der Waals surface area contributed by atoms with Crippen LogP contribution in [0.2, 0.25) is 0 Å². The van der Waals surface area contributed by atoms with Crippen molar-refractivity contribution in [1.29, 1.82) is 0 Å². The van der Waals surface area contributed by atoms with E-state index < -0.39 is 0 Å². The molecule has 1 amide bonds. The topological polar surface area (TPSA) is 57.8 Å². The molecule has 0 saturated heterocycles. The fraction of sp³-hybridized carbons (Fsp3) is 0.0588. The van der Waals surface area contributed by atoms with Crippen molar-refractivity contribution in [2.75, 3.05) is 0 Å². The van der Waals surface area contributed by atoms with Crippen molar-refractivity contribution < 1.29 is 4.79 Å². The fourth-order valence-corrected chi connectivity index (χ4v) is 3.25. The minimum atomic E-state index is -0.186. The molecule has 0 saturated carbocycles. The van der Waals surface area contributed by atoms with E-state index in [1.54, 1.807) is 0 Å². The van der Waals surface area contributed by atoms with Gasteiger partial charge in [-0.3, -0.25) is 9.89 Å². The maximum atomic E-state index is 12.2. The van der Waals surface area contributed by atoms with Crippen LogP contribution in [0.15, 0.2) is 59.1 Å². The lowest BCUT2D eigenvalue weighted by atomic mass is 9.97. The number of hydrogen-bond donors (Lipinski definition) is 2. The summed E-state index contributed by atoms with van der Waals surface area (Å²) in [5, 5.41) is 10.3. The third-order valence-corrected chi connectivity index (χ3v) is 4.32. The number of rotatable bonds is 2. The Bertz CT molecular complexity index is 857. The van der Waals surface area contributed by atoms with E-state index in [4.69, 9.17) is 0 Å². The summed E-state index contributed by atoms with van der Waals surface area (Å²) in [5.74, 6) is -0.116. The second kappa shape index (κ2) is 5.10. The zero-order chi connectivity index (χ0) is 15.1. The van der Waals surface area contributed by atoms with Crippen LogP contribution in [-0.4, -0.2) is 16.1 Å². The van der Waals surface area contributed by atoms with Crippen molar-refractivity contribution in [2.45, 2.75) is 6.04 Å². The van der Waals surface area contributed by atoms with Crippen LogP contribution in [0.25, 0.3) is 11.3 Å². The van der Waals surface area contributed by atoms with Crippen LogP contribution in [0, 0.1) is 0 Å². The van der Waals surface area contributed by atoms with Gasteiger partial charge in [-0.2, -0.15) is 5.10 Å². The van der Waals surface area contributed by atoms with E-state index in [-0.39, 0.29) is 11.9 Å². The molecule has 4 nitrogen and oxygen atoms in total. The van der Waals surface area contributed by atoms with Gasteiger partial charge in [0.1, 0.15) is 5.69 Å². The van der Waals surface area contributed by atoms with Gasteiger partial charge in [0, 0.05) is 15.6 Å². The molecule has 1 aromatic heterocycles. The summed E-state index contributed by atoms with van der Waals surface area (Å²) < 4.78 is 0.984. The lowest BCUT2D eigenvalue weighted by molar-refractivity contribution is 0.0955. The summed E-state index contributed by atoms with van der Waals surface area (Å²) in [5.41, 5.74) is 4.30. The minimum Gasteiger partial charge on any atom is -0.340 e. The van der Waals surface area contributed by atoms with Gasteiger partial charge >= 0.3 is 0 Å². The van der Waals surface area contributed by atoms with Gasteiger partial charge in [-0.25, -0.2) is 0 Å². The molecule has 1 aliphatic rings. The number of H-pyrrole nitrogens is 1. The van der Waals surface area contributed by atoms with E-state index in [9.17, 15) is 4.79 Å². The van der Waals surface area contributed by atoms with Crippen LogP contribution in [0.1, 0.15) is 27.7 Å². The largest absolute Gasteiger partial charge is 0.340 e. The normalized spacial score (nSPS) is 16.4. The maximum Gasteiger partial charge on any atom is 0.270 e. The third-order valence-electron chi connectivity index (χ3n) is 3.82. The van der Waals surface area contributed by atoms with Gasteiger partial charge in [0.15, 0.2) is 0 Å². The number of aromatic amines is 1. The maximum absolute atomic E-state index is 12.2. The molecular formula is C17H12BrN3O. The molecule has 0 fully saturated rings. The molecule has 3 aromatic rings. The molecule has 2 heterocycles. The van der Waals surface area contributed by atoms with Crippen molar-refractivity contribution in [1.82, 2.24) is 15.5 Å². The molecule has 108 valence electrons.